The Balaban J connectivity index is 1.35. The Morgan fingerprint density at radius 1 is 0.171 bits per heavy atom. The molecule has 0 amide bonds. The molecule has 4 aliphatic rings. The summed E-state index contributed by atoms with van der Waals surface area (Å²) >= 11 is 0. The van der Waals surface area contributed by atoms with Gasteiger partial charge in [0.05, 0.1) is 0 Å². The van der Waals surface area contributed by atoms with Gasteiger partial charge in [0.1, 0.15) is 0 Å². The molecule has 0 aromatic heterocycles. The Morgan fingerprint density at radius 3 is 0.443 bits per heavy atom. The fraction of sp³-hybridized carbons (Fsp3) is 0. The summed E-state index contributed by atoms with van der Waals surface area (Å²) in [5, 5.41) is 1.51. The molecule has 0 saturated carbocycles. The van der Waals surface area contributed by atoms with Crippen molar-refractivity contribution in [1.82, 2.24) is 0 Å². The van der Waals surface area contributed by atoms with E-state index in [4.69, 9.17) is 41.2 Å². The van der Waals surface area contributed by atoms with E-state index >= 15 is 0 Å². The van der Waals surface area contributed by atoms with E-state index in [2.05, 4.69) is 0 Å². The molecule has 0 aliphatic carbocycles. The van der Waals surface area contributed by atoms with E-state index in [-0.39, 0.29) is 41.5 Å². The van der Waals surface area contributed by atoms with Gasteiger partial charge in [-0.25, -0.2) is 0 Å². The third kappa shape index (κ3) is 8.66. The number of hydrogen-bond donors (Lipinski definition) is 4. The predicted molar refractivity (Wildman–Crippen MR) is 274 cm³/mol. The SMILES string of the molecule is O[Si]1(c2ccccc2)O[Si]2(c3ccccc3)O[Si](O)(c3ccccc3)O[Si](c3ccccc3)(O1)O[Si]1(c3ccccc3)O[Si](O)(c3ccccc3)O[Si](c3ccccc3)(O[Si](O)(c3ccccc3)O1)O2. The van der Waals surface area contributed by atoms with Gasteiger partial charge in [-0.05, 0) is 0 Å². The zero-order chi connectivity index (χ0) is 48.0. The molecule has 4 N–H and O–H groups in total. The summed E-state index contributed by atoms with van der Waals surface area (Å²) in [6.45, 7) is 0. The van der Waals surface area contributed by atoms with Crippen molar-refractivity contribution in [2.24, 2.45) is 0 Å². The number of hydrogen-bond acceptors (Lipinski definition) is 14. The fourth-order valence-electron chi connectivity index (χ4n) is 8.49. The predicted octanol–water partition coefficient (Wildman–Crippen LogP) is 0.931. The first-order chi connectivity index (χ1) is 33.9. The second-order valence-electron chi connectivity index (χ2n) is 16.5. The summed E-state index contributed by atoms with van der Waals surface area (Å²) in [6.07, 6.45) is 0. The van der Waals surface area contributed by atoms with E-state index in [0.717, 1.165) is 0 Å². The first kappa shape index (κ1) is 47.3. The molecule has 4 aliphatic heterocycles. The van der Waals surface area contributed by atoms with E-state index < -0.39 is 70.4 Å². The molecule has 4 fully saturated rings. The molecule has 8 aromatic carbocycles. The van der Waals surface area contributed by atoms with Crippen LogP contribution < -0.4 is 41.5 Å². The third-order valence-electron chi connectivity index (χ3n) is 11.8. The van der Waals surface area contributed by atoms with Crippen molar-refractivity contribution in [3.8, 4) is 0 Å². The van der Waals surface area contributed by atoms with Crippen LogP contribution >= 0.6 is 0 Å². The molecule has 4 saturated heterocycles. The maximum Gasteiger partial charge on any atom is 0.520 e. The molecule has 12 rings (SSSR count). The highest BCUT2D eigenvalue weighted by Crippen LogP contribution is 2.40. The zero-order valence-electron chi connectivity index (χ0n) is 37.0. The van der Waals surface area contributed by atoms with E-state index in [0.29, 0.717) is 0 Å². The van der Waals surface area contributed by atoms with E-state index in [1.807, 2.05) is 0 Å². The topological polar surface area (TPSA) is 173 Å². The minimum Gasteiger partial charge on any atom is -0.387 e. The van der Waals surface area contributed by atoms with Gasteiger partial charge in [0.2, 0.25) is 0 Å². The molecule has 70 heavy (non-hydrogen) atoms. The van der Waals surface area contributed by atoms with Gasteiger partial charge in [-0.15, -0.1) is 0 Å². The smallest absolute Gasteiger partial charge is 0.387 e. The highest BCUT2D eigenvalue weighted by Gasteiger charge is 2.79. The summed E-state index contributed by atoms with van der Waals surface area (Å²) < 4.78 is 74.8. The van der Waals surface area contributed by atoms with Gasteiger partial charge >= 0.3 is 70.4 Å². The summed E-state index contributed by atoms with van der Waals surface area (Å²) in [5.74, 6) is 0. The number of rotatable bonds is 8. The van der Waals surface area contributed by atoms with Crippen LogP contribution in [0.4, 0.5) is 0 Å². The molecule has 8 aromatic rings. The molecule has 4 heterocycles. The second kappa shape index (κ2) is 18.5. The monoisotopic (exact) mass is 1070 g/mol. The molecule has 352 valence electrons. The van der Waals surface area contributed by atoms with Crippen LogP contribution in [-0.2, 0) is 41.2 Å². The van der Waals surface area contributed by atoms with E-state index in [1.165, 1.54) is 0 Å². The van der Waals surface area contributed by atoms with Crippen molar-refractivity contribution >= 4 is 112 Å². The van der Waals surface area contributed by atoms with Crippen molar-refractivity contribution < 1.29 is 60.3 Å². The van der Waals surface area contributed by atoms with Gasteiger partial charge in [-0.3, -0.25) is 0 Å². The van der Waals surface area contributed by atoms with Gasteiger partial charge in [0.15, 0.2) is 0 Å². The van der Waals surface area contributed by atoms with Crippen LogP contribution in [0.1, 0.15) is 0 Å². The highest BCUT2D eigenvalue weighted by molar-refractivity contribution is 7.08. The first-order valence-corrected chi connectivity index (χ1v) is 36.2. The van der Waals surface area contributed by atoms with Crippen molar-refractivity contribution in [3.05, 3.63) is 243 Å². The normalized spacial score (nSPS) is 32.2. The van der Waals surface area contributed by atoms with Crippen molar-refractivity contribution in [2.75, 3.05) is 0 Å². The largest absolute Gasteiger partial charge is 0.520 e. The molecule has 14 nitrogen and oxygen atoms in total. The minimum atomic E-state index is -5.34. The Hall–Kier alpha value is -5.06. The average Bonchev–Trinajstić information content (AvgIpc) is 3.39. The highest BCUT2D eigenvalue weighted by atomic mass is 28.6. The molecule has 0 atom stereocenters. The second-order valence-corrected chi connectivity index (χ2v) is 38.4. The Morgan fingerprint density at radius 2 is 0.300 bits per heavy atom. The lowest BCUT2D eigenvalue weighted by Gasteiger charge is -2.54. The van der Waals surface area contributed by atoms with Crippen LogP contribution in [0.2, 0.25) is 0 Å². The lowest BCUT2D eigenvalue weighted by molar-refractivity contribution is 0.0442. The van der Waals surface area contributed by atoms with Crippen molar-refractivity contribution in [3.63, 3.8) is 0 Å². The molecule has 4 bridgehead atoms. The maximum atomic E-state index is 13.9. The summed E-state index contributed by atoms with van der Waals surface area (Å²) in [6, 6.07) is 68.1. The lowest BCUT2D eigenvalue weighted by atomic mass is 10.4. The van der Waals surface area contributed by atoms with E-state index in [9.17, 15) is 19.2 Å². The van der Waals surface area contributed by atoms with Crippen LogP contribution in [-0.4, -0.2) is 89.6 Å². The molecular formula is C48H44O14Si8. The van der Waals surface area contributed by atoms with E-state index in [1.54, 1.807) is 243 Å². The van der Waals surface area contributed by atoms with Crippen LogP contribution in [0, 0.1) is 0 Å². The van der Waals surface area contributed by atoms with Crippen molar-refractivity contribution in [2.45, 2.75) is 0 Å². The minimum absolute atomic E-state index is 0.184. The van der Waals surface area contributed by atoms with Gasteiger partial charge in [-0.2, -0.15) is 0 Å². The average molecular weight is 1070 g/mol. The summed E-state index contributed by atoms with van der Waals surface area (Å²) in [7, 11) is -42.2. The molecule has 22 heteroatoms. The zero-order valence-corrected chi connectivity index (χ0v) is 45.0. The van der Waals surface area contributed by atoms with Gasteiger partial charge < -0.3 is 60.3 Å². The Kier molecular flexibility index (Phi) is 12.5. The Bertz CT molecular complexity index is 2600. The van der Waals surface area contributed by atoms with Crippen LogP contribution in [0.3, 0.4) is 0 Å². The van der Waals surface area contributed by atoms with Gasteiger partial charge in [0.25, 0.3) is 0 Å². The number of benzene rings is 8. The lowest BCUT2D eigenvalue weighted by Crippen LogP contribution is -2.89. The Labute approximate surface area is 412 Å². The van der Waals surface area contributed by atoms with Gasteiger partial charge in [-0.1, -0.05) is 243 Å². The number of fused-ring (bicyclic) bond motifs is 4. The molecule has 0 radical (unpaired) electrons. The molecular weight excluding hydrogens is 1030 g/mol. The summed E-state index contributed by atoms with van der Waals surface area (Å²) in [4.78, 5) is 55.7. The fourth-order valence-corrected chi connectivity index (χ4v) is 45.9. The molecule has 0 spiro atoms. The summed E-state index contributed by atoms with van der Waals surface area (Å²) in [5.41, 5.74) is 0. The van der Waals surface area contributed by atoms with Gasteiger partial charge in [0, 0.05) is 41.5 Å². The third-order valence-corrected chi connectivity index (χ3v) is 41.9. The van der Waals surface area contributed by atoms with Crippen LogP contribution in [0.5, 0.6) is 0 Å². The maximum absolute atomic E-state index is 13.9. The quantitative estimate of drug-likeness (QED) is 0.159. The van der Waals surface area contributed by atoms with Crippen LogP contribution in [0.25, 0.3) is 0 Å². The van der Waals surface area contributed by atoms with Crippen molar-refractivity contribution in [1.29, 1.82) is 0 Å². The standard InChI is InChI=1S/C48H44O14Si8/c49-63(41-25-9-1-10-26-41)53-67(45-33-17-5-18-34-45)55-64(50,42-27-11-2-12-28-42)56-68(54-63,46-35-19-6-20-36-46)62-70(48-39-23-8-24-40-48)58-65(51,43-29-13-3-14-30-43)57-69(61-67,47-37-21-7-22-38-47)59-66(52,60-70)44-31-15-4-16-32-44/h1-40,49-52H. The first-order valence-electron chi connectivity index (χ1n) is 22.3. The molecule has 0 unspecified atom stereocenters. The van der Waals surface area contributed by atoms with Crippen LogP contribution in [0.15, 0.2) is 243 Å².